The third-order valence-electron chi connectivity index (χ3n) is 2.82. The summed E-state index contributed by atoms with van der Waals surface area (Å²) in [4.78, 5) is 4.53. The van der Waals surface area contributed by atoms with Gasteiger partial charge < -0.3 is 5.32 Å². The zero-order chi connectivity index (χ0) is 13.1. The third-order valence-corrected chi connectivity index (χ3v) is 2.82. The zero-order valence-corrected chi connectivity index (χ0v) is 11.4. The predicted molar refractivity (Wildman–Crippen MR) is 72.9 cm³/mol. The minimum absolute atomic E-state index is 0.438. The summed E-state index contributed by atoms with van der Waals surface area (Å²) in [7, 11) is 1.94. The fourth-order valence-corrected chi connectivity index (χ4v) is 1.92. The Kier molecular flexibility index (Phi) is 3.77. The summed E-state index contributed by atoms with van der Waals surface area (Å²) in [6.45, 7) is 7.13. The molecule has 1 N–H and O–H groups in total. The molecule has 2 aromatic heterocycles. The second kappa shape index (κ2) is 5.31. The molecular weight excluding hydrogens is 224 g/mol. The number of rotatable bonds is 4. The molecule has 96 valence electrons. The van der Waals surface area contributed by atoms with Crippen LogP contribution in [0.25, 0.3) is 5.82 Å². The van der Waals surface area contributed by atoms with Crippen LogP contribution in [0.4, 0.5) is 0 Å². The molecule has 0 aliphatic heterocycles. The lowest BCUT2D eigenvalue weighted by atomic mass is 10.1. The van der Waals surface area contributed by atoms with Crippen LogP contribution >= 0.6 is 0 Å². The highest BCUT2D eigenvalue weighted by atomic mass is 15.3. The summed E-state index contributed by atoms with van der Waals surface area (Å²) < 4.78 is 1.85. The van der Waals surface area contributed by atoms with Gasteiger partial charge in [-0.15, -0.1) is 0 Å². The van der Waals surface area contributed by atoms with Crippen molar-refractivity contribution in [1.29, 1.82) is 0 Å². The Morgan fingerprint density at radius 3 is 2.72 bits per heavy atom. The lowest BCUT2D eigenvalue weighted by molar-refractivity contribution is 0.751. The van der Waals surface area contributed by atoms with E-state index < -0.39 is 0 Å². The van der Waals surface area contributed by atoms with Gasteiger partial charge in [-0.3, -0.25) is 0 Å². The second-order valence-electron chi connectivity index (χ2n) is 4.85. The summed E-state index contributed by atoms with van der Waals surface area (Å²) in [5.74, 6) is 1.32. The van der Waals surface area contributed by atoms with E-state index in [0.717, 1.165) is 23.8 Å². The van der Waals surface area contributed by atoms with Gasteiger partial charge in [0, 0.05) is 18.4 Å². The molecule has 4 heteroatoms. The Hall–Kier alpha value is -1.68. The molecule has 2 rings (SSSR count). The molecule has 0 bridgehead atoms. The normalized spacial score (nSPS) is 11.2. The van der Waals surface area contributed by atoms with Gasteiger partial charge >= 0.3 is 0 Å². The first-order valence-corrected chi connectivity index (χ1v) is 6.28. The van der Waals surface area contributed by atoms with Crippen LogP contribution in [0.3, 0.4) is 0 Å². The van der Waals surface area contributed by atoms with Gasteiger partial charge in [0.25, 0.3) is 0 Å². The zero-order valence-electron chi connectivity index (χ0n) is 11.4. The fourth-order valence-electron chi connectivity index (χ4n) is 1.92. The standard InChI is InChI=1S/C14H20N4/c1-10(2)13-5-6-18(17-13)14-8-12(9-15-4)7-11(3)16-14/h5-8,10,15H,9H2,1-4H3. The van der Waals surface area contributed by atoms with Gasteiger partial charge in [-0.1, -0.05) is 13.8 Å². The van der Waals surface area contributed by atoms with Crippen LogP contribution in [0.1, 0.15) is 36.7 Å². The van der Waals surface area contributed by atoms with Crippen LogP contribution in [0.15, 0.2) is 24.4 Å². The molecule has 0 radical (unpaired) electrons. The number of aromatic nitrogens is 3. The number of hydrogen-bond acceptors (Lipinski definition) is 3. The summed E-state index contributed by atoms with van der Waals surface area (Å²) >= 11 is 0. The summed E-state index contributed by atoms with van der Waals surface area (Å²) in [6.07, 6.45) is 1.97. The van der Waals surface area contributed by atoms with Crippen molar-refractivity contribution < 1.29 is 0 Å². The summed E-state index contributed by atoms with van der Waals surface area (Å²) in [5.41, 5.74) is 3.33. The van der Waals surface area contributed by atoms with Gasteiger partial charge in [0.15, 0.2) is 5.82 Å². The molecule has 0 saturated heterocycles. The smallest absolute Gasteiger partial charge is 0.153 e. The third kappa shape index (κ3) is 2.76. The molecule has 2 aromatic rings. The highest BCUT2D eigenvalue weighted by Crippen LogP contribution is 2.14. The van der Waals surface area contributed by atoms with E-state index in [1.54, 1.807) is 0 Å². The van der Waals surface area contributed by atoms with Gasteiger partial charge in [0.05, 0.1) is 5.69 Å². The van der Waals surface area contributed by atoms with E-state index in [1.807, 2.05) is 30.9 Å². The van der Waals surface area contributed by atoms with Crippen molar-refractivity contribution in [2.24, 2.45) is 0 Å². The Morgan fingerprint density at radius 1 is 1.33 bits per heavy atom. The highest BCUT2D eigenvalue weighted by Gasteiger charge is 2.07. The first-order chi connectivity index (χ1) is 8.60. The van der Waals surface area contributed by atoms with Crippen molar-refractivity contribution in [3.63, 3.8) is 0 Å². The average Bonchev–Trinajstić information content (AvgIpc) is 2.78. The molecule has 0 amide bonds. The van der Waals surface area contributed by atoms with E-state index in [1.165, 1.54) is 5.56 Å². The van der Waals surface area contributed by atoms with E-state index in [-0.39, 0.29) is 0 Å². The fraction of sp³-hybridized carbons (Fsp3) is 0.429. The lowest BCUT2D eigenvalue weighted by Gasteiger charge is -2.07. The molecule has 0 unspecified atom stereocenters. The monoisotopic (exact) mass is 244 g/mol. The van der Waals surface area contributed by atoms with E-state index in [0.29, 0.717) is 5.92 Å². The second-order valence-corrected chi connectivity index (χ2v) is 4.85. The van der Waals surface area contributed by atoms with Crippen LogP contribution in [0.5, 0.6) is 0 Å². The Labute approximate surface area is 108 Å². The van der Waals surface area contributed by atoms with Crippen LogP contribution in [-0.4, -0.2) is 21.8 Å². The Morgan fingerprint density at radius 2 is 2.11 bits per heavy atom. The van der Waals surface area contributed by atoms with Crippen molar-refractivity contribution in [3.8, 4) is 5.82 Å². The highest BCUT2D eigenvalue weighted by molar-refractivity contribution is 5.30. The molecule has 0 atom stereocenters. The predicted octanol–water partition coefficient (Wildman–Crippen LogP) is 2.42. The van der Waals surface area contributed by atoms with Crippen LogP contribution in [-0.2, 0) is 6.54 Å². The van der Waals surface area contributed by atoms with Crippen LogP contribution in [0.2, 0.25) is 0 Å². The molecule has 18 heavy (non-hydrogen) atoms. The molecule has 0 saturated carbocycles. The summed E-state index contributed by atoms with van der Waals surface area (Å²) in [6, 6.07) is 6.21. The van der Waals surface area contributed by atoms with Crippen molar-refractivity contribution in [2.45, 2.75) is 33.2 Å². The van der Waals surface area contributed by atoms with Gasteiger partial charge in [0.2, 0.25) is 0 Å². The minimum atomic E-state index is 0.438. The maximum Gasteiger partial charge on any atom is 0.153 e. The van der Waals surface area contributed by atoms with Crippen LogP contribution in [0, 0.1) is 6.92 Å². The molecular formula is C14H20N4. The number of nitrogens with zero attached hydrogens (tertiary/aromatic N) is 3. The van der Waals surface area contributed by atoms with Gasteiger partial charge in [0.1, 0.15) is 0 Å². The van der Waals surface area contributed by atoms with Crippen LogP contribution < -0.4 is 5.32 Å². The summed E-state index contributed by atoms with van der Waals surface area (Å²) in [5, 5.41) is 7.71. The molecule has 4 nitrogen and oxygen atoms in total. The Bertz CT molecular complexity index is 528. The molecule has 0 spiro atoms. The number of pyridine rings is 1. The SMILES string of the molecule is CNCc1cc(C)nc(-n2ccc(C(C)C)n2)c1. The molecule has 0 aromatic carbocycles. The maximum atomic E-state index is 4.56. The lowest BCUT2D eigenvalue weighted by Crippen LogP contribution is -2.08. The van der Waals surface area contributed by atoms with Gasteiger partial charge in [-0.05, 0) is 43.7 Å². The largest absolute Gasteiger partial charge is 0.316 e. The van der Waals surface area contributed by atoms with E-state index >= 15 is 0 Å². The maximum absolute atomic E-state index is 4.56. The van der Waals surface area contributed by atoms with Crippen molar-refractivity contribution in [1.82, 2.24) is 20.1 Å². The van der Waals surface area contributed by atoms with Gasteiger partial charge in [-0.25, -0.2) is 9.67 Å². The quantitative estimate of drug-likeness (QED) is 0.898. The first-order valence-electron chi connectivity index (χ1n) is 6.28. The molecule has 0 aliphatic rings. The van der Waals surface area contributed by atoms with Crippen molar-refractivity contribution >= 4 is 0 Å². The van der Waals surface area contributed by atoms with Crippen molar-refractivity contribution in [2.75, 3.05) is 7.05 Å². The van der Waals surface area contributed by atoms with Gasteiger partial charge in [-0.2, -0.15) is 5.10 Å². The number of hydrogen-bond donors (Lipinski definition) is 1. The average molecular weight is 244 g/mol. The topological polar surface area (TPSA) is 42.7 Å². The number of nitrogens with one attached hydrogen (secondary N) is 1. The Balaban J connectivity index is 2.36. The molecule has 0 aliphatic carbocycles. The molecule has 0 fully saturated rings. The molecule has 2 heterocycles. The van der Waals surface area contributed by atoms with E-state index in [4.69, 9.17) is 0 Å². The van der Waals surface area contributed by atoms with Crippen molar-refractivity contribution in [3.05, 3.63) is 41.3 Å². The number of aryl methyl sites for hydroxylation is 1. The van der Waals surface area contributed by atoms with E-state index in [2.05, 4.69) is 41.4 Å². The first kappa shape index (κ1) is 12.8. The minimum Gasteiger partial charge on any atom is -0.316 e. The van der Waals surface area contributed by atoms with E-state index in [9.17, 15) is 0 Å².